The SMILES string of the molecule is CC(=O)Nc1cc(S(=O)(=O)O)cc2cc(S(=O)(=O)O)c(NN(O)c3ccccc3)c(O)c12. The van der Waals surface area contributed by atoms with E-state index in [0.29, 0.717) is 5.17 Å². The molecule has 0 aliphatic heterocycles. The molecule has 0 unspecified atom stereocenters. The summed E-state index contributed by atoms with van der Waals surface area (Å²) in [6.07, 6.45) is 0. The zero-order chi connectivity index (χ0) is 23.8. The number of phenols is 1. The number of hydrogen-bond donors (Lipinski definition) is 6. The van der Waals surface area contributed by atoms with E-state index in [1.165, 1.54) is 12.1 Å². The molecule has 32 heavy (non-hydrogen) atoms. The van der Waals surface area contributed by atoms with Gasteiger partial charge in [0, 0.05) is 12.3 Å². The summed E-state index contributed by atoms with van der Waals surface area (Å²) in [6, 6.07) is 10.2. The Morgan fingerprint density at radius 3 is 2.12 bits per heavy atom. The summed E-state index contributed by atoms with van der Waals surface area (Å²) in [6.45, 7) is 1.10. The van der Waals surface area contributed by atoms with Gasteiger partial charge in [-0.2, -0.15) is 22.0 Å². The summed E-state index contributed by atoms with van der Waals surface area (Å²) < 4.78 is 66.2. The molecule has 0 aliphatic rings. The molecule has 0 fully saturated rings. The molecule has 0 heterocycles. The quantitative estimate of drug-likeness (QED) is 0.171. The summed E-state index contributed by atoms with van der Waals surface area (Å²) >= 11 is 0. The van der Waals surface area contributed by atoms with Gasteiger partial charge >= 0.3 is 0 Å². The largest absolute Gasteiger partial charge is 0.505 e. The van der Waals surface area contributed by atoms with Crippen molar-refractivity contribution in [1.82, 2.24) is 0 Å². The van der Waals surface area contributed by atoms with Crippen LogP contribution in [0.3, 0.4) is 0 Å². The van der Waals surface area contributed by atoms with E-state index in [-0.39, 0.29) is 22.1 Å². The average Bonchev–Trinajstić information content (AvgIpc) is 2.68. The van der Waals surface area contributed by atoms with E-state index in [1.807, 2.05) is 0 Å². The molecule has 0 saturated heterocycles. The van der Waals surface area contributed by atoms with E-state index in [4.69, 9.17) is 0 Å². The molecular weight excluding hydrogens is 466 g/mol. The standard InChI is InChI=1S/C18H17N3O9S2/c1-10(22)19-14-9-13(31(25,26)27)7-11-8-15(32(28,29)30)17(18(23)16(11)14)20-21(24)12-5-3-2-4-6-12/h2-9,20,23-24H,1H3,(H,19,22)(H,25,26,27)(H,28,29,30). The van der Waals surface area contributed by atoms with Gasteiger partial charge in [0.05, 0.1) is 16.3 Å². The third-order valence-corrected chi connectivity index (χ3v) is 5.96. The smallest absolute Gasteiger partial charge is 0.296 e. The highest BCUT2D eigenvalue weighted by molar-refractivity contribution is 7.86. The first-order valence-electron chi connectivity index (χ1n) is 8.66. The molecule has 12 nitrogen and oxygen atoms in total. The molecule has 0 spiro atoms. The number of carbonyl (C=O) groups is 1. The average molecular weight is 483 g/mol. The van der Waals surface area contributed by atoms with Crippen molar-refractivity contribution in [2.75, 3.05) is 15.9 Å². The van der Waals surface area contributed by atoms with E-state index in [9.17, 15) is 41.0 Å². The summed E-state index contributed by atoms with van der Waals surface area (Å²) in [5.41, 5.74) is 1.42. The van der Waals surface area contributed by atoms with Crippen LogP contribution >= 0.6 is 0 Å². The molecule has 14 heteroatoms. The predicted molar refractivity (Wildman–Crippen MR) is 114 cm³/mol. The maximum Gasteiger partial charge on any atom is 0.296 e. The van der Waals surface area contributed by atoms with Crippen LogP contribution in [0.1, 0.15) is 6.92 Å². The molecular formula is C18H17N3O9S2. The first-order valence-corrected chi connectivity index (χ1v) is 11.5. The van der Waals surface area contributed by atoms with Gasteiger partial charge < -0.3 is 10.4 Å². The molecule has 3 aromatic carbocycles. The normalized spacial score (nSPS) is 11.9. The molecule has 3 rings (SSSR count). The molecule has 0 saturated carbocycles. The predicted octanol–water partition coefficient (Wildman–Crippen LogP) is 2.22. The van der Waals surface area contributed by atoms with E-state index < -0.39 is 47.4 Å². The monoisotopic (exact) mass is 483 g/mol. The first-order chi connectivity index (χ1) is 14.8. The summed E-state index contributed by atoms with van der Waals surface area (Å²) in [4.78, 5) is 9.98. The fourth-order valence-electron chi connectivity index (χ4n) is 2.96. The van der Waals surface area contributed by atoms with Crippen LogP contribution in [0.4, 0.5) is 17.1 Å². The summed E-state index contributed by atoms with van der Waals surface area (Å²) in [5.74, 6) is -1.52. The van der Waals surface area contributed by atoms with Crippen LogP contribution in [0.25, 0.3) is 10.8 Å². The molecule has 6 N–H and O–H groups in total. The Hall–Kier alpha value is -3.43. The van der Waals surface area contributed by atoms with Crippen LogP contribution in [0.2, 0.25) is 0 Å². The Morgan fingerprint density at radius 1 is 0.969 bits per heavy atom. The maximum atomic E-state index is 12.0. The van der Waals surface area contributed by atoms with Crippen molar-refractivity contribution in [2.45, 2.75) is 16.7 Å². The molecule has 0 bridgehead atoms. The van der Waals surface area contributed by atoms with Crippen LogP contribution in [0, 0.1) is 0 Å². The lowest BCUT2D eigenvalue weighted by molar-refractivity contribution is -0.114. The molecule has 3 aromatic rings. The fraction of sp³-hybridized carbons (Fsp3) is 0.0556. The second-order valence-corrected chi connectivity index (χ2v) is 9.37. The van der Waals surface area contributed by atoms with Crippen molar-refractivity contribution in [3.8, 4) is 5.75 Å². The summed E-state index contributed by atoms with van der Waals surface area (Å²) in [7, 11) is -9.81. The topological polar surface area (TPSA) is 194 Å². The van der Waals surface area contributed by atoms with Crippen LogP contribution < -0.4 is 15.9 Å². The lowest BCUT2D eigenvalue weighted by Crippen LogP contribution is -2.26. The second-order valence-electron chi connectivity index (χ2n) is 6.56. The van der Waals surface area contributed by atoms with E-state index >= 15 is 0 Å². The molecule has 0 aliphatic carbocycles. The van der Waals surface area contributed by atoms with Gasteiger partial charge in [0.15, 0.2) is 5.75 Å². The van der Waals surface area contributed by atoms with Crippen LogP contribution in [0.5, 0.6) is 5.75 Å². The maximum absolute atomic E-state index is 12.0. The number of aromatic hydroxyl groups is 1. The number of nitrogens with one attached hydrogen (secondary N) is 2. The Kier molecular flexibility index (Phi) is 5.99. The molecule has 170 valence electrons. The van der Waals surface area contributed by atoms with Gasteiger partial charge in [-0.15, -0.1) is 0 Å². The highest BCUT2D eigenvalue weighted by Crippen LogP contribution is 2.43. The molecule has 1 amide bonds. The third kappa shape index (κ3) is 4.74. The number of para-hydroxylation sites is 1. The second kappa shape index (κ2) is 8.25. The lowest BCUT2D eigenvalue weighted by Gasteiger charge is -2.22. The summed E-state index contributed by atoms with van der Waals surface area (Å²) in [5, 5.41) is 23.3. The van der Waals surface area contributed by atoms with Crippen molar-refractivity contribution in [3.05, 3.63) is 48.5 Å². The highest BCUT2D eigenvalue weighted by Gasteiger charge is 2.26. The van der Waals surface area contributed by atoms with Gasteiger partial charge in [0.25, 0.3) is 20.2 Å². The van der Waals surface area contributed by atoms with Crippen LogP contribution in [-0.2, 0) is 25.0 Å². The van der Waals surface area contributed by atoms with Crippen molar-refractivity contribution in [3.63, 3.8) is 0 Å². The van der Waals surface area contributed by atoms with Crippen molar-refractivity contribution in [2.24, 2.45) is 0 Å². The minimum atomic E-state index is -5.02. The van der Waals surface area contributed by atoms with Crippen LogP contribution in [-0.4, -0.2) is 42.2 Å². The zero-order valence-corrected chi connectivity index (χ0v) is 17.8. The number of rotatable bonds is 6. The van der Waals surface area contributed by atoms with Crippen LogP contribution in [0.15, 0.2) is 58.3 Å². The Balaban J connectivity index is 2.35. The van der Waals surface area contributed by atoms with E-state index in [0.717, 1.165) is 25.1 Å². The number of amides is 1. The minimum absolute atomic E-state index is 0.136. The van der Waals surface area contributed by atoms with Gasteiger partial charge in [-0.05, 0) is 35.7 Å². The van der Waals surface area contributed by atoms with Gasteiger partial charge in [-0.1, -0.05) is 18.2 Å². The number of benzene rings is 3. The number of hydrazine groups is 1. The Morgan fingerprint density at radius 2 is 1.59 bits per heavy atom. The number of nitrogens with zero attached hydrogens (tertiary/aromatic N) is 1. The molecule has 0 atom stereocenters. The molecule has 0 aromatic heterocycles. The molecule has 0 radical (unpaired) electrons. The number of hydrogen-bond acceptors (Lipinski definition) is 9. The lowest BCUT2D eigenvalue weighted by atomic mass is 10.1. The van der Waals surface area contributed by atoms with Gasteiger partial charge in [0.1, 0.15) is 10.6 Å². The zero-order valence-electron chi connectivity index (χ0n) is 16.2. The number of fused-ring (bicyclic) bond motifs is 1. The third-order valence-electron chi connectivity index (χ3n) is 4.25. The van der Waals surface area contributed by atoms with Crippen molar-refractivity contribution in [1.29, 1.82) is 0 Å². The Labute approximate surface area is 182 Å². The van der Waals surface area contributed by atoms with Gasteiger partial charge in [-0.25, -0.2) is 0 Å². The van der Waals surface area contributed by atoms with Crippen molar-refractivity contribution < 1.29 is 41.0 Å². The fourth-order valence-corrected chi connectivity index (χ4v) is 4.18. The minimum Gasteiger partial charge on any atom is -0.505 e. The number of phenolic OH excluding ortho intramolecular Hbond substituents is 1. The van der Waals surface area contributed by atoms with E-state index in [1.54, 1.807) is 18.2 Å². The highest BCUT2D eigenvalue weighted by atomic mass is 32.2. The number of carbonyl (C=O) groups excluding carboxylic acids is 1. The number of anilines is 3. The van der Waals surface area contributed by atoms with E-state index in [2.05, 4.69) is 10.7 Å². The first kappa shape index (κ1) is 23.2. The van der Waals surface area contributed by atoms with Gasteiger partial charge in [0.2, 0.25) is 5.91 Å². The van der Waals surface area contributed by atoms with Gasteiger partial charge in [-0.3, -0.25) is 24.5 Å². The van der Waals surface area contributed by atoms with Crippen molar-refractivity contribution >= 4 is 54.0 Å². The Bertz CT molecular complexity index is 1420.